The molecular formula is C16H29N3O2. The zero-order valence-corrected chi connectivity index (χ0v) is 13.5. The average Bonchev–Trinajstić information content (AvgIpc) is 2.86. The molecule has 2 fully saturated rings. The van der Waals surface area contributed by atoms with Gasteiger partial charge in [-0.1, -0.05) is 33.6 Å². The second-order valence-corrected chi connectivity index (χ2v) is 7.40. The van der Waals surface area contributed by atoms with Gasteiger partial charge in [-0.3, -0.25) is 9.59 Å². The van der Waals surface area contributed by atoms with Crippen molar-refractivity contribution in [2.75, 3.05) is 13.1 Å². The van der Waals surface area contributed by atoms with Crippen LogP contribution in [0.25, 0.3) is 0 Å². The Kier molecular flexibility index (Phi) is 5.25. The van der Waals surface area contributed by atoms with E-state index in [9.17, 15) is 9.59 Å². The molecule has 1 saturated heterocycles. The third-order valence-electron chi connectivity index (χ3n) is 4.57. The first kappa shape index (κ1) is 16.3. The van der Waals surface area contributed by atoms with Gasteiger partial charge in [0.05, 0.1) is 6.04 Å². The Morgan fingerprint density at radius 1 is 1.10 bits per heavy atom. The van der Waals surface area contributed by atoms with Crippen molar-refractivity contribution >= 4 is 11.8 Å². The van der Waals surface area contributed by atoms with Crippen LogP contribution in [0.15, 0.2) is 0 Å². The Balaban J connectivity index is 1.65. The number of carbonyl (C=O) groups is 2. The average molecular weight is 295 g/mol. The number of amides is 2. The van der Waals surface area contributed by atoms with E-state index in [2.05, 4.69) is 16.0 Å². The smallest absolute Gasteiger partial charge is 0.237 e. The Morgan fingerprint density at radius 3 is 2.43 bits per heavy atom. The highest BCUT2D eigenvalue weighted by molar-refractivity contribution is 5.83. The van der Waals surface area contributed by atoms with Crippen LogP contribution < -0.4 is 16.0 Å². The van der Waals surface area contributed by atoms with Crippen molar-refractivity contribution in [2.24, 2.45) is 11.3 Å². The Morgan fingerprint density at radius 2 is 1.76 bits per heavy atom. The molecule has 0 aromatic heterocycles. The monoisotopic (exact) mass is 295 g/mol. The predicted octanol–water partition coefficient (Wildman–Crippen LogP) is 1.19. The summed E-state index contributed by atoms with van der Waals surface area (Å²) in [6.07, 6.45) is 6.00. The standard InChI is InChI=1S/C16H29N3O2/c1-16(2,3)15(21)18-9-8-17-14(20)13-10-11-6-4-5-7-12(11)19-13/h11-13,19H,4-10H2,1-3H3,(H,17,20)(H,18,21). The molecule has 0 aromatic carbocycles. The predicted molar refractivity (Wildman–Crippen MR) is 82.8 cm³/mol. The van der Waals surface area contributed by atoms with Gasteiger partial charge in [0.25, 0.3) is 0 Å². The second-order valence-electron chi connectivity index (χ2n) is 7.40. The molecule has 21 heavy (non-hydrogen) atoms. The SMILES string of the molecule is CC(C)(C)C(=O)NCCNC(=O)C1CC2CCCCC2N1. The second kappa shape index (κ2) is 6.77. The molecule has 0 bridgehead atoms. The molecule has 1 saturated carbocycles. The van der Waals surface area contributed by atoms with Crippen LogP contribution in [-0.2, 0) is 9.59 Å². The first-order chi connectivity index (χ1) is 9.88. The molecule has 2 aliphatic rings. The summed E-state index contributed by atoms with van der Waals surface area (Å²) < 4.78 is 0. The Bertz CT molecular complexity index is 375. The van der Waals surface area contributed by atoms with Gasteiger partial charge in [0.1, 0.15) is 0 Å². The van der Waals surface area contributed by atoms with E-state index >= 15 is 0 Å². The van der Waals surface area contributed by atoms with Crippen molar-refractivity contribution < 1.29 is 9.59 Å². The molecule has 0 aromatic rings. The summed E-state index contributed by atoms with van der Waals surface area (Å²) in [4.78, 5) is 23.8. The maximum absolute atomic E-state index is 12.1. The fourth-order valence-corrected chi connectivity index (χ4v) is 3.27. The summed E-state index contributed by atoms with van der Waals surface area (Å²) in [6, 6.07) is 0.492. The molecule has 3 N–H and O–H groups in total. The third-order valence-corrected chi connectivity index (χ3v) is 4.57. The van der Waals surface area contributed by atoms with Crippen molar-refractivity contribution in [1.29, 1.82) is 0 Å². The van der Waals surface area contributed by atoms with Crippen LogP contribution in [0.5, 0.6) is 0 Å². The molecular weight excluding hydrogens is 266 g/mol. The molecule has 120 valence electrons. The van der Waals surface area contributed by atoms with Crippen LogP contribution in [0.4, 0.5) is 0 Å². The lowest BCUT2D eigenvalue weighted by Crippen LogP contribution is -2.46. The fraction of sp³-hybridized carbons (Fsp3) is 0.875. The molecule has 5 nitrogen and oxygen atoms in total. The van der Waals surface area contributed by atoms with Gasteiger partial charge in [0, 0.05) is 24.5 Å². The van der Waals surface area contributed by atoms with Gasteiger partial charge in [0.15, 0.2) is 0 Å². The van der Waals surface area contributed by atoms with Crippen LogP contribution in [0, 0.1) is 11.3 Å². The summed E-state index contributed by atoms with van der Waals surface area (Å²) in [5, 5.41) is 9.24. The van der Waals surface area contributed by atoms with E-state index in [1.165, 1.54) is 25.7 Å². The van der Waals surface area contributed by atoms with Crippen molar-refractivity contribution in [3.05, 3.63) is 0 Å². The van der Waals surface area contributed by atoms with Gasteiger partial charge in [0.2, 0.25) is 11.8 Å². The molecule has 1 aliphatic carbocycles. The van der Waals surface area contributed by atoms with Gasteiger partial charge in [-0.15, -0.1) is 0 Å². The highest BCUT2D eigenvalue weighted by Crippen LogP contribution is 2.33. The molecule has 1 aliphatic heterocycles. The molecule has 0 radical (unpaired) electrons. The van der Waals surface area contributed by atoms with E-state index in [1.807, 2.05) is 20.8 Å². The zero-order chi connectivity index (χ0) is 15.5. The summed E-state index contributed by atoms with van der Waals surface area (Å²) in [6.45, 7) is 6.62. The number of hydrogen-bond acceptors (Lipinski definition) is 3. The minimum atomic E-state index is -0.382. The fourth-order valence-electron chi connectivity index (χ4n) is 3.27. The van der Waals surface area contributed by atoms with Gasteiger partial charge in [-0.25, -0.2) is 0 Å². The highest BCUT2D eigenvalue weighted by Gasteiger charge is 2.37. The van der Waals surface area contributed by atoms with Crippen LogP contribution in [0.1, 0.15) is 52.9 Å². The maximum atomic E-state index is 12.1. The van der Waals surface area contributed by atoms with Gasteiger partial charge < -0.3 is 16.0 Å². The van der Waals surface area contributed by atoms with E-state index < -0.39 is 0 Å². The zero-order valence-electron chi connectivity index (χ0n) is 13.5. The number of fused-ring (bicyclic) bond motifs is 1. The summed E-state index contributed by atoms with van der Waals surface area (Å²) >= 11 is 0. The molecule has 3 unspecified atom stereocenters. The minimum absolute atomic E-state index is 0.0155. The molecule has 3 atom stereocenters. The molecule has 5 heteroatoms. The quantitative estimate of drug-likeness (QED) is 0.682. The molecule has 2 rings (SSSR count). The molecule has 1 heterocycles. The minimum Gasteiger partial charge on any atom is -0.354 e. The van der Waals surface area contributed by atoms with Crippen LogP contribution in [-0.4, -0.2) is 37.0 Å². The first-order valence-corrected chi connectivity index (χ1v) is 8.20. The highest BCUT2D eigenvalue weighted by atomic mass is 16.2. The first-order valence-electron chi connectivity index (χ1n) is 8.20. The summed E-state index contributed by atoms with van der Waals surface area (Å²) in [5.41, 5.74) is -0.382. The van der Waals surface area contributed by atoms with E-state index in [0.717, 1.165) is 6.42 Å². The van der Waals surface area contributed by atoms with Gasteiger partial charge in [-0.05, 0) is 25.2 Å². The number of rotatable bonds is 4. The van der Waals surface area contributed by atoms with Crippen molar-refractivity contribution in [2.45, 2.75) is 65.0 Å². The topological polar surface area (TPSA) is 70.2 Å². The number of hydrogen-bond donors (Lipinski definition) is 3. The lowest BCUT2D eigenvalue weighted by Gasteiger charge is -2.24. The molecule has 2 amide bonds. The summed E-state index contributed by atoms with van der Waals surface area (Å²) in [5.74, 6) is 0.770. The van der Waals surface area contributed by atoms with Gasteiger partial charge >= 0.3 is 0 Å². The van der Waals surface area contributed by atoms with Crippen molar-refractivity contribution in [3.63, 3.8) is 0 Å². The molecule has 0 spiro atoms. The Hall–Kier alpha value is -1.10. The number of nitrogens with one attached hydrogen (secondary N) is 3. The largest absolute Gasteiger partial charge is 0.354 e. The lowest BCUT2D eigenvalue weighted by molar-refractivity contribution is -0.128. The lowest BCUT2D eigenvalue weighted by atomic mass is 9.85. The van der Waals surface area contributed by atoms with Gasteiger partial charge in [-0.2, -0.15) is 0 Å². The van der Waals surface area contributed by atoms with E-state index in [4.69, 9.17) is 0 Å². The normalized spacial score (nSPS) is 28.8. The van der Waals surface area contributed by atoms with E-state index in [0.29, 0.717) is 25.0 Å². The third kappa shape index (κ3) is 4.43. The van der Waals surface area contributed by atoms with Crippen molar-refractivity contribution in [3.8, 4) is 0 Å². The number of carbonyl (C=O) groups excluding carboxylic acids is 2. The van der Waals surface area contributed by atoms with Crippen LogP contribution >= 0.6 is 0 Å². The van der Waals surface area contributed by atoms with Crippen LogP contribution in [0.2, 0.25) is 0 Å². The van der Waals surface area contributed by atoms with E-state index in [-0.39, 0.29) is 23.3 Å². The van der Waals surface area contributed by atoms with Crippen LogP contribution in [0.3, 0.4) is 0 Å². The van der Waals surface area contributed by atoms with E-state index in [1.54, 1.807) is 0 Å². The summed E-state index contributed by atoms with van der Waals surface area (Å²) in [7, 11) is 0. The Labute approximate surface area is 127 Å². The maximum Gasteiger partial charge on any atom is 0.237 e. The van der Waals surface area contributed by atoms with Crippen molar-refractivity contribution in [1.82, 2.24) is 16.0 Å².